The summed E-state index contributed by atoms with van der Waals surface area (Å²) < 4.78 is 9.60. The van der Waals surface area contributed by atoms with Crippen LogP contribution in [0.1, 0.15) is 0 Å². The predicted molar refractivity (Wildman–Crippen MR) is 23.3 cm³/mol. The first-order valence-corrected chi connectivity index (χ1v) is 10.1. The first-order valence-electron chi connectivity index (χ1n) is 0.690. The zero-order chi connectivity index (χ0) is 4.50. The van der Waals surface area contributed by atoms with E-state index in [1.165, 1.54) is 0 Å². The third-order valence-corrected chi connectivity index (χ3v) is 0. The summed E-state index contributed by atoms with van der Waals surface area (Å²) in [6, 6.07) is 0. The molecule has 0 radical (unpaired) electrons. The number of rotatable bonds is 0. The molecule has 0 aliphatic rings. The van der Waals surface area contributed by atoms with Crippen LogP contribution in [0.5, 0.6) is 0 Å². The van der Waals surface area contributed by atoms with E-state index < -0.39 is 13.9 Å². The van der Waals surface area contributed by atoms with E-state index in [2.05, 4.69) is 0 Å². The van der Waals surface area contributed by atoms with Crippen LogP contribution >= 0.6 is 27.6 Å². The van der Waals surface area contributed by atoms with Crippen molar-refractivity contribution in [1.29, 1.82) is 0 Å². The van der Waals surface area contributed by atoms with Crippen molar-refractivity contribution in [3.63, 3.8) is 0 Å². The Bertz CT molecular complexity index is 56.9. The van der Waals surface area contributed by atoms with Crippen molar-refractivity contribution in [3.05, 3.63) is 0 Å². The van der Waals surface area contributed by atoms with Gasteiger partial charge < -0.3 is 6.15 Å². The van der Waals surface area contributed by atoms with Gasteiger partial charge in [0, 0.05) is 0 Å². The van der Waals surface area contributed by atoms with Gasteiger partial charge in [-0.25, -0.2) is 0 Å². The molecule has 0 amide bonds. The Labute approximate surface area is 50.7 Å². The molecule has 6 heteroatoms. The van der Waals surface area contributed by atoms with Crippen LogP contribution in [0, 0.1) is 0 Å². The Kier molecular flexibility index (Phi) is 5.85. The molecule has 0 unspecified atom stereocenters. The maximum absolute atomic E-state index is 9.60. The zero-order valence-electron chi connectivity index (χ0n) is 2.70. The standard InChI is InChI=1S/3ClH.H3N.Nb.O/h3*1H;1H3;;/q;;;;+3;/p-3. The summed E-state index contributed by atoms with van der Waals surface area (Å²) in [4.78, 5) is 0. The maximum atomic E-state index is 9.60. The van der Waals surface area contributed by atoms with Crippen molar-refractivity contribution in [3.8, 4) is 0 Å². The van der Waals surface area contributed by atoms with E-state index in [4.69, 9.17) is 27.6 Å². The van der Waals surface area contributed by atoms with E-state index in [1.807, 2.05) is 0 Å². The quantitative estimate of drug-likeness (QED) is 0.650. The Morgan fingerprint density at radius 1 is 1.17 bits per heavy atom. The number of hydrogen-bond donors (Lipinski definition) is 1. The average Bonchev–Trinajstić information content (AvgIpc) is 0.722. The van der Waals surface area contributed by atoms with Crippen molar-refractivity contribution >= 4 is 27.6 Å². The summed E-state index contributed by atoms with van der Waals surface area (Å²) in [6.07, 6.45) is 0. The molecule has 0 rings (SSSR count). The van der Waals surface area contributed by atoms with E-state index in [0.717, 1.165) is 0 Å². The first kappa shape index (κ1) is 10.4. The Morgan fingerprint density at radius 2 is 1.17 bits per heavy atom. The van der Waals surface area contributed by atoms with E-state index in [1.54, 1.807) is 0 Å². The van der Waals surface area contributed by atoms with Gasteiger partial charge in [0.25, 0.3) is 0 Å². The van der Waals surface area contributed by atoms with E-state index >= 15 is 0 Å². The van der Waals surface area contributed by atoms with Crippen LogP contribution in [0.3, 0.4) is 0 Å². The van der Waals surface area contributed by atoms with Gasteiger partial charge in [-0.15, -0.1) is 0 Å². The minimum atomic E-state index is -3.93. The van der Waals surface area contributed by atoms with Crippen LogP contribution in [0.25, 0.3) is 0 Å². The van der Waals surface area contributed by atoms with Gasteiger partial charge in [-0.1, -0.05) is 0 Å². The monoisotopic (exact) mass is 231 g/mol. The SMILES string of the molecule is N.[O]=[Nb]([Cl])([Cl])[Cl]. The molecule has 0 bridgehead atoms. The fraction of sp³-hybridized carbons (Fsp3) is 0. The molecule has 0 aliphatic carbocycles. The summed E-state index contributed by atoms with van der Waals surface area (Å²) >= 11 is -3.93. The van der Waals surface area contributed by atoms with Gasteiger partial charge in [0.1, 0.15) is 0 Å². The molecule has 40 valence electrons. The van der Waals surface area contributed by atoms with Crippen LogP contribution in [-0.4, -0.2) is 0 Å². The normalized spacial score (nSPS) is 9.83. The fourth-order valence-corrected chi connectivity index (χ4v) is 0. The van der Waals surface area contributed by atoms with Crippen LogP contribution in [-0.2, 0) is 17.1 Å². The zero-order valence-corrected chi connectivity index (χ0v) is 7.16. The molecule has 0 saturated carbocycles. The van der Waals surface area contributed by atoms with Gasteiger partial charge in [0.2, 0.25) is 0 Å². The molecule has 2 nitrogen and oxygen atoms in total. The van der Waals surface area contributed by atoms with Crippen molar-refractivity contribution < 1.29 is 17.1 Å². The van der Waals surface area contributed by atoms with Crippen LogP contribution < -0.4 is 6.15 Å². The summed E-state index contributed by atoms with van der Waals surface area (Å²) in [5.74, 6) is 0. The molecule has 0 fully saturated rings. The van der Waals surface area contributed by atoms with Gasteiger partial charge in [0.05, 0.1) is 0 Å². The van der Waals surface area contributed by atoms with Crippen LogP contribution in [0.2, 0.25) is 0 Å². The summed E-state index contributed by atoms with van der Waals surface area (Å²) in [6.45, 7) is 0. The molecule has 0 aromatic rings. The van der Waals surface area contributed by atoms with Crippen molar-refractivity contribution in [2.24, 2.45) is 0 Å². The molecule has 0 heterocycles. The summed E-state index contributed by atoms with van der Waals surface area (Å²) in [5, 5.41) is 0. The molecule has 0 atom stereocenters. The molecular formula is H3Cl3NNbO. The van der Waals surface area contributed by atoms with Crippen LogP contribution in [0.4, 0.5) is 0 Å². The molecule has 0 saturated heterocycles. The minimum absolute atomic E-state index is 0. The summed E-state index contributed by atoms with van der Waals surface area (Å²) in [5.41, 5.74) is 0. The molecular weight excluding hydrogens is 229 g/mol. The van der Waals surface area contributed by atoms with Gasteiger partial charge in [-0.2, -0.15) is 0 Å². The second-order valence-electron chi connectivity index (χ2n) is 0.399. The fourth-order valence-electron chi connectivity index (χ4n) is 0. The van der Waals surface area contributed by atoms with Gasteiger partial charge >= 0.3 is 44.7 Å². The van der Waals surface area contributed by atoms with Gasteiger partial charge in [0.15, 0.2) is 0 Å². The number of halogens is 3. The van der Waals surface area contributed by atoms with E-state index in [0.29, 0.717) is 0 Å². The molecule has 0 aromatic heterocycles. The second kappa shape index (κ2) is 3.38. The Balaban J connectivity index is 0. The second-order valence-corrected chi connectivity index (χ2v) is 13.9. The van der Waals surface area contributed by atoms with Crippen LogP contribution in [0.15, 0.2) is 0 Å². The number of hydrogen-bond acceptors (Lipinski definition) is 2. The Morgan fingerprint density at radius 3 is 1.17 bits per heavy atom. The predicted octanol–water partition coefficient (Wildman–Crippen LogP) is 2.11. The molecule has 0 spiro atoms. The third kappa shape index (κ3) is 54.6. The van der Waals surface area contributed by atoms with Crippen molar-refractivity contribution in [2.45, 2.75) is 0 Å². The first-order chi connectivity index (χ1) is 2.00. The topological polar surface area (TPSA) is 52.1 Å². The average molecular weight is 232 g/mol. The molecule has 3 N–H and O–H groups in total. The van der Waals surface area contributed by atoms with E-state index in [-0.39, 0.29) is 6.15 Å². The molecule has 0 aromatic carbocycles. The third-order valence-electron chi connectivity index (χ3n) is 0. The summed E-state index contributed by atoms with van der Waals surface area (Å²) in [7, 11) is 14.1. The van der Waals surface area contributed by atoms with Crippen molar-refractivity contribution in [1.82, 2.24) is 6.15 Å². The van der Waals surface area contributed by atoms with Gasteiger partial charge in [-0.05, 0) is 0 Å². The Hall–Kier alpha value is 1.37. The van der Waals surface area contributed by atoms with E-state index in [9.17, 15) is 3.25 Å². The van der Waals surface area contributed by atoms with Crippen molar-refractivity contribution in [2.75, 3.05) is 0 Å². The molecule has 0 aliphatic heterocycles. The molecule has 6 heavy (non-hydrogen) atoms. The van der Waals surface area contributed by atoms with Gasteiger partial charge in [-0.3, -0.25) is 0 Å².